The van der Waals surface area contributed by atoms with Gasteiger partial charge in [0.15, 0.2) is 0 Å². The zero-order chi connectivity index (χ0) is 11.1. The smallest absolute Gasteiger partial charge is 0.129 e. The van der Waals surface area contributed by atoms with Crippen molar-refractivity contribution in [2.75, 3.05) is 0 Å². The first-order valence-electron chi connectivity index (χ1n) is 6.25. The van der Waals surface area contributed by atoms with Crippen LogP contribution in [0, 0.1) is 12.7 Å². The second kappa shape index (κ2) is 3.85. The molecule has 2 heterocycles. The highest BCUT2D eigenvalue weighted by Gasteiger charge is 2.34. The van der Waals surface area contributed by atoms with E-state index in [2.05, 4.69) is 5.32 Å². The number of rotatable bonds is 1. The first-order chi connectivity index (χ1) is 7.74. The minimum atomic E-state index is 0.0220. The van der Waals surface area contributed by atoms with Gasteiger partial charge < -0.3 is 5.32 Å². The molecule has 3 rings (SSSR count). The van der Waals surface area contributed by atoms with E-state index in [4.69, 9.17) is 0 Å². The highest BCUT2D eigenvalue weighted by atomic mass is 19.1. The molecular formula is C14H18FN. The molecule has 0 radical (unpaired) electrons. The van der Waals surface area contributed by atoms with E-state index in [1.807, 2.05) is 25.1 Å². The van der Waals surface area contributed by atoms with Gasteiger partial charge >= 0.3 is 0 Å². The lowest BCUT2D eigenvalue weighted by molar-refractivity contribution is 0.356. The van der Waals surface area contributed by atoms with Gasteiger partial charge in [-0.1, -0.05) is 18.2 Å². The molecule has 86 valence electrons. The van der Waals surface area contributed by atoms with E-state index in [0.29, 0.717) is 18.0 Å². The molecule has 2 aliphatic heterocycles. The first-order valence-corrected chi connectivity index (χ1v) is 6.25. The van der Waals surface area contributed by atoms with Gasteiger partial charge in [-0.05, 0) is 49.7 Å². The summed E-state index contributed by atoms with van der Waals surface area (Å²) in [6.07, 6.45) is 4.76. The van der Waals surface area contributed by atoms with Crippen LogP contribution in [0.5, 0.6) is 0 Å². The van der Waals surface area contributed by atoms with Crippen molar-refractivity contribution in [1.82, 2.24) is 5.32 Å². The monoisotopic (exact) mass is 219 g/mol. The summed E-state index contributed by atoms with van der Waals surface area (Å²) < 4.78 is 14.0. The fourth-order valence-corrected chi connectivity index (χ4v) is 3.30. The topological polar surface area (TPSA) is 12.0 Å². The Kier molecular flexibility index (Phi) is 2.47. The van der Waals surface area contributed by atoms with Crippen LogP contribution < -0.4 is 5.32 Å². The third-order valence-electron chi connectivity index (χ3n) is 4.13. The van der Waals surface area contributed by atoms with Crippen LogP contribution in [0.4, 0.5) is 4.39 Å². The predicted octanol–water partition coefficient (Wildman–Crippen LogP) is 3.13. The third-order valence-corrected chi connectivity index (χ3v) is 4.13. The lowest BCUT2D eigenvalue weighted by atomic mass is 9.85. The molecule has 1 aromatic carbocycles. The zero-order valence-corrected chi connectivity index (χ0v) is 9.67. The summed E-state index contributed by atoms with van der Waals surface area (Å²) in [5.74, 6) is 0.451. The summed E-state index contributed by atoms with van der Waals surface area (Å²) >= 11 is 0. The lowest BCUT2D eigenvalue weighted by Crippen LogP contribution is -2.37. The molecule has 2 bridgehead atoms. The van der Waals surface area contributed by atoms with E-state index in [1.54, 1.807) is 0 Å². The number of benzene rings is 1. The first kappa shape index (κ1) is 10.3. The van der Waals surface area contributed by atoms with Crippen molar-refractivity contribution >= 4 is 0 Å². The average molecular weight is 219 g/mol. The molecule has 2 saturated heterocycles. The molecule has 1 nitrogen and oxygen atoms in total. The largest absolute Gasteiger partial charge is 0.311 e. The minimum absolute atomic E-state index is 0.0220. The van der Waals surface area contributed by atoms with Gasteiger partial charge in [0.25, 0.3) is 0 Å². The molecule has 1 aromatic rings. The maximum atomic E-state index is 14.0. The zero-order valence-electron chi connectivity index (χ0n) is 9.67. The van der Waals surface area contributed by atoms with E-state index in [1.165, 1.54) is 12.8 Å². The Labute approximate surface area is 96.1 Å². The van der Waals surface area contributed by atoms with Crippen molar-refractivity contribution in [2.45, 2.75) is 50.6 Å². The molecule has 2 aliphatic rings. The molecule has 0 saturated carbocycles. The average Bonchev–Trinajstić information content (AvgIpc) is 2.62. The van der Waals surface area contributed by atoms with Crippen LogP contribution >= 0.6 is 0 Å². The number of piperidine rings is 1. The summed E-state index contributed by atoms with van der Waals surface area (Å²) in [4.78, 5) is 0. The SMILES string of the molecule is Cc1cccc(C2CC3CCC(C2)N3)c1F. The molecule has 2 unspecified atom stereocenters. The Morgan fingerprint density at radius 3 is 2.56 bits per heavy atom. The van der Waals surface area contributed by atoms with E-state index in [0.717, 1.165) is 24.0 Å². The van der Waals surface area contributed by atoms with Crippen LogP contribution in [0.25, 0.3) is 0 Å². The fourth-order valence-electron chi connectivity index (χ4n) is 3.30. The highest BCUT2D eigenvalue weighted by Crippen LogP contribution is 2.38. The second-order valence-electron chi connectivity index (χ2n) is 5.28. The highest BCUT2D eigenvalue weighted by molar-refractivity contribution is 5.29. The number of aryl methyl sites for hydroxylation is 1. The number of hydrogen-bond donors (Lipinski definition) is 1. The van der Waals surface area contributed by atoms with E-state index in [-0.39, 0.29) is 5.82 Å². The fraction of sp³-hybridized carbons (Fsp3) is 0.571. The summed E-state index contributed by atoms with van der Waals surface area (Å²) in [7, 11) is 0. The molecule has 1 N–H and O–H groups in total. The van der Waals surface area contributed by atoms with E-state index in [9.17, 15) is 4.39 Å². The molecule has 0 amide bonds. The van der Waals surface area contributed by atoms with Crippen LogP contribution in [0.1, 0.15) is 42.7 Å². The number of halogens is 1. The Balaban J connectivity index is 1.89. The van der Waals surface area contributed by atoms with Crippen LogP contribution in [0.3, 0.4) is 0 Å². The summed E-state index contributed by atoms with van der Waals surface area (Å²) in [5, 5.41) is 3.60. The Hall–Kier alpha value is -0.890. The van der Waals surface area contributed by atoms with Crippen LogP contribution in [-0.4, -0.2) is 12.1 Å². The molecule has 0 aromatic heterocycles. The maximum Gasteiger partial charge on any atom is 0.129 e. The third kappa shape index (κ3) is 1.65. The Morgan fingerprint density at radius 2 is 1.88 bits per heavy atom. The Morgan fingerprint density at radius 1 is 1.19 bits per heavy atom. The second-order valence-corrected chi connectivity index (χ2v) is 5.28. The molecule has 2 atom stereocenters. The standard InChI is InChI=1S/C14H18FN/c1-9-3-2-4-13(14(9)15)10-7-11-5-6-12(8-10)16-11/h2-4,10-12,16H,5-8H2,1H3. The summed E-state index contributed by atoms with van der Waals surface area (Å²) in [6.45, 7) is 1.86. The van der Waals surface area contributed by atoms with Gasteiger partial charge in [0.1, 0.15) is 5.82 Å². The van der Waals surface area contributed by atoms with Gasteiger partial charge in [0, 0.05) is 12.1 Å². The van der Waals surface area contributed by atoms with Gasteiger partial charge in [0.2, 0.25) is 0 Å². The molecular weight excluding hydrogens is 201 g/mol. The Bertz CT molecular complexity index is 390. The van der Waals surface area contributed by atoms with Gasteiger partial charge in [-0.25, -0.2) is 4.39 Å². The van der Waals surface area contributed by atoms with E-state index >= 15 is 0 Å². The van der Waals surface area contributed by atoms with Crippen molar-refractivity contribution in [3.8, 4) is 0 Å². The molecule has 0 spiro atoms. The maximum absolute atomic E-state index is 14.0. The van der Waals surface area contributed by atoms with Gasteiger partial charge in [-0.3, -0.25) is 0 Å². The van der Waals surface area contributed by atoms with Crippen LogP contribution in [0.15, 0.2) is 18.2 Å². The quantitative estimate of drug-likeness (QED) is 0.765. The van der Waals surface area contributed by atoms with Crippen molar-refractivity contribution < 1.29 is 4.39 Å². The molecule has 2 fully saturated rings. The summed E-state index contributed by atoms with van der Waals surface area (Å²) in [5.41, 5.74) is 1.72. The lowest BCUT2D eigenvalue weighted by Gasteiger charge is -2.29. The summed E-state index contributed by atoms with van der Waals surface area (Å²) in [6, 6.07) is 7.07. The normalized spacial score (nSPS) is 33.0. The van der Waals surface area contributed by atoms with Gasteiger partial charge in [-0.2, -0.15) is 0 Å². The van der Waals surface area contributed by atoms with Gasteiger partial charge in [-0.15, -0.1) is 0 Å². The van der Waals surface area contributed by atoms with Crippen molar-refractivity contribution in [3.63, 3.8) is 0 Å². The molecule has 2 heteroatoms. The number of hydrogen-bond acceptors (Lipinski definition) is 1. The van der Waals surface area contributed by atoms with Crippen LogP contribution in [-0.2, 0) is 0 Å². The van der Waals surface area contributed by atoms with Gasteiger partial charge in [0.05, 0.1) is 0 Å². The van der Waals surface area contributed by atoms with Crippen molar-refractivity contribution in [2.24, 2.45) is 0 Å². The molecule has 0 aliphatic carbocycles. The predicted molar refractivity (Wildman–Crippen MR) is 63.1 cm³/mol. The minimum Gasteiger partial charge on any atom is -0.311 e. The number of nitrogens with one attached hydrogen (secondary N) is 1. The van der Waals surface area contributed by atoms with Crippen molar-refractivity contribution in [3.05, 3.63) is 35.1 Å². The number of fused-ring (bicyclic) bond motifs is 2. The van der Waals surface area contributed by atoms with E-state index < -0.39 is 0 Å². The molecule has 16 heavy (non-hydrogen) atoms. The van der Waals surface area contributed by atoms with Crippen molar-refractivity contribution in [1.29, 1.82) is 0 Å². The van der Waals surface area contributed by atoms with Crippen LogP contribution in [0.2, 0.25) is 0 Å².